The molecule has 0 amide bonds. The van der Waals surface area contributed by atoms with Gasteiger partial charge in [0, 0.05) is 38.4 Å². The van der Waals surface area contributed by atoms with Crippen molar-refractivity contribution in [2.45, 2.75) is 0 Å². The van der Waals surface area contributed by atoms with Crippen LogP contribution in [0, 0.1) is 0 Å². The molecule has 0 aliphatic carbocycles. The molecule has 5 heteroatoms. The first-order valence-electron chi connectivity index (χ1n) is 23.1. The number of para-hydroxylation sites is 2. The molecule has 68 heavy (non-hydrogen) atoms. The maximum absolute atomic E-state index is 5.45. The average Bonchev–Trinajstić information content (AvgIpc) is 3.94. The first kappa shape index (κ1) is 38.1. The second-order valence-electron chi connectivity index (χ2n) is 17.6. The number of aromatic nitrogens is 5. The molecule has 0 aliphatic heterocycles. The third-order valence-corrected chi connectivity index (χ3v) is 13.8. The normalized spacial score (nSPS) is 11.8. The molecule has 0 spiro atoms. The lowest BCUT2D eigenvalue weighted by molar-refractivity contribution is 0.955. The largest absolute Gasteiger partial charge is 0.309 e. The Morgan fingerprint density at radius 2 is 0.721 bits per heavy atom. The van der Waals surface area contributed by atoms with Crippen molar-refractivity contribution in [1.29, 1.82) is 0 Å². The monoisotopic (exact) mass is 865 g/mol. The second kappa shape index (κ2) is 15.2. The molecule has 5 nitrogen and oxygen atoms in total. The first-order chi connectivity index (χ1) is 33.7. The van der Waals surface area contributed by atoms with E-state index >= 15 is 0 Å². The Balaban J connectivity index is 1.04. The molecule has 0 saturated carbocycles. The SMILES string of the molecule is c1ccc(-c2ccc(-c3nc(-c4cccc(-c5ccccc5)c4)nc(-n4c5ccccc5c5ccc6c(c7ccccc7n6-c6ccc7c8ccccc8c8ccccc8c7c6)c54)n3)cc2)cc1. The summed E-state index contributed by atoms with van der Waals surface area (Å²) in [6, 6.07) is 84.6. The summed E-state index contributed by atoms with van der Waals surface area (Å²) in [5.41, 5.74) is 11.8. The van der Waals surface area contributed by atoms with Crippen molar-refractivity contribution in [3.8, 4) is 56.7 Å². The van der Waals surface area contributed by atoms with Crippen LogP contribution in [-0.2, 0) is 0 Å². The van der Waals surface area contributed by atoms with Gasteiger partial charge in [-0.3, -0.25) is 4.57 Å². The summed E-state index contributed by atoms with van der Waals surface area (Å²) in [7, 11) is 0. The Morgan fingerprint density at radius 1 is 0.250 bits per heavy atom. The van der Waals surface area contributed by atoms with Gasteiger partial charge in [0.1, 0.15) is 0 Å². The van der Waals surface area contributed by atoms with Crippen LogP contribution in [-0.4, -0.2) is 24.1 Å². The number of nitrogens with zero attached hydrogens (tertiary/aromatic N) is 5. The van der Waals surface area contributed by atoms with Gasteiger partial charge in [0.2, 0.25) is 5.95 Å². The molecular weight excluding hydrogens is 827 g/mol. The van der Waals surface area contributed by atoms with E-state index in [0.29, 0.717) is 17.6 Å². The molecule has 14 rings (SSSR count). The van der Waals surface area contributed by atoms with Crippen LogP contribution in [0.15, 0.2) is 237 Å². The maximum Gasteiger partial charge on any atom is 0.238 e. The Morgan fingerprint density at radius 3 is 1.40 bits per heavy atom. The smallest absolute Gasteiger partial charge is 0.238 e. The van der Waals surface area contributed by atoms with E-state index in [1.807, 2.05) is 12.1 Å². The van der Waals surface area contributed by atoms with Gasteiger partial charge in [-0.2, -0.15) is 9.97 Å². The van der Waals surface area contributed by atoms with Crippen LogP contribution in [0.1, 0.15) is 0 Å². The molecule has 0 N–H and O–H groups in total. The third kappa shape index (κ3) is 5.93. The summed E-state index contributed by atoms with van der Waals surface area (Å²) in [5, 5.41) is 12.1. The zero-order chi connectivity index (χ0) is 44.7. The van der Waals surface area contributed by atoms with Gasteiger partial charge in [-0.15, -0.1) is 0 Å². The van der Waals surface area contributed by atoms with E-state index in [0.717, 1.165) is 82.7 Å². The maximum atomic E-state index is 5.45. The number of hydrogen-bond acceptors (Lipinski definition) is 3. The van der Waals surface area contributed by atoms with Gasteiger partial charge in [-0.05, 0) is 91.0 Å². The van der Waals surface area contributed by atoms with Crippen molar-refractivity contribution < 1.29 is 0 Å². The summed E-state index contributed by atoms with van der Waals surface area (Å²) in [6.07, 6.45) is 0. The van der Waals surface area contributed by atoms with Crippen molar-refractivity contribution in [3.63, 3.8) is 0 Å². The van der Waals surface area contributed by atoms with Crippen molar-refractivity contribution in [2.75, 3.05) is 0 Å². The van der Waals surface area contributed by atoms with E-state index in [1.165, 1.54) is 32.3 Å². The van der Waals surface area contributed by atoms with Gasteiger partial charge in [-0.25, -0.2) is 4.98 Å². The molecule has 14 aromatic rings. The Hall–Kier alpha value is -9.19. The first-order valence-corrected chi connectivity index (χ1v) is 23.1. The van der Waals surface area contributed by atoms with E-state index in [1.54, 1.807) is 0 Å². The van der Waals surface area contributed by atoms with Crippen LogP contribution < -0.4 is 0 Å². The summed E-state index contributed by atoms with van der Waals surface area (Å²) in [4.78, 5) is 16.1. The zero-order valence-corrected chi connectivity index (χ0v) is 36.8. The third-order valence-electron chi connectivity index (χ3n) is 13.8. The lowest BCUT2D eigenvalue weighted by Gasteiger charge is -2.14. The van der Waals surface area contributed by atoms with Crippen LogP contribution >= 0.6 is 0 Å². The van der Waals surface area contributed by atoms with Gasteiger partial charge < -0.3 is 4.57 Å². The van der Waals surface area contributed by atoms with Crippen LogP contribution in [0.3, 0.4) is 0 Å². The van der Waals surface area contributed by atoms with E-state index in [9.17, 15) is 0 Å². The molecule has 3 aromatic heterocycles. The number of rotatable bonds is 6. The Bertz CT molecular complexity index is 4270. The predicted octanol–water partition coefficient (Wildman–Crippen LogP) is 16.2. The van der Waals surface area contributed by atoms with Crippen molar-refractivity contribution >= 4 is 75.9 Å². The zero-order valence-electron chi connectivity index (χ0n) is 36.8. The molecule has 0 saturated heterocycles. The molecule has 316 valence electrons. The summed E-state index contributed by atoms with van der Waals surface area (Å²) < 4.78 is 4.71. The minimum absolute atomic E-state index is 0.557. The highest BCUT2D eigenvalue weighted by Crippen LogP contribution is 2.43. The molecule has 0 bridgehead atoms. The average molecular weight is 866 g/mol. The molecule has 0 atom stereocenters. The number of fused-ring (bicyclic) bond motifs is 13. The van der Waals surface area contributed by atoms with E-state index < -0.39 is 0 Å². The molecule has 3 heterocycles. The van der Waals surface area contributed by atoms with E-state index in [-0.39, 0.29) is 0 Å². The highest BCUT2D eigenvalue weighted by atomic mass is 15.2. The van der Waals surface area contributed by atoms with E-state index in [2.05, 4.69) is 234 Å². The summed E-state index contributed by atoms with van der Waals surface area (Å²) in [5.74, 6) is 1.76. The minimum atomic E-state index is 0.557. The summed E-state index contributed by atoms with van der Waals surface area (Å²) in [6.45, 7) is 0. The van der Waals surface area contributed by atoms with Gasteiger partial charge in [0.25, 0.3) is 0 Å². The van der Waals surface area contributed by atoms with Gasteiger partial charge >= 0.3 is 0 Å². The molecule has 0 fully saturated rings. The van der Waals surface area contributed by atoms with Crippen LogP contribution in [0.2, 0.25) is 0 Å². The molecule has 0 radical (unpaired) electrons. The molecule has 0 aliphatic rings. The van der Waals surface area contributed by atoms with Crippen molar-refractivity contribution in [2.24, 2.45) is 0 Å². The predicted molar refractivity (Wildman–Crippen MR) is 283 cm³/mol. The second-order valence-corrected chi connectivity index (χ2v) is 17.6. The topological polar surface area (TPSA) is 48.5 Å². The lowest BCUT2D eigenvalue weighted by Crippen LogP contribution is -2.06. The standard InChI is InChI=1S/C63H39N5/c1-3-16-40(17-4-1)42-30-32-43(33-31-42)61-64-62(45-21-15-20-44(38-45)41-18-5-2-6-19-41)66-63(65-61)68-56-28-13-11-26-52(56)53-36-37-58-59(60(53)68)54-27-12-14-29-57(54)67(58)46-34-35-51-49-24-8-7-22-47(49)48-23-9-10-25-50(48)55(51)39-46/h1-39H. The van der Waals surface area contributed by atoms with Gasteiger partial charge in [0.15, 0.2) is 11.6 Å². The van der Waals surface area contributed by atoms with Crippen LogP contribution in [0.4, 0.5) is 0 Å². The number of hydrogen-bond donors (Lipinski definition) is 0. The fourth-order valence-corrected chi connectivity index (χ4v) is 10.7. The van der Waals surface area contributed by atoms with Crippen molar-refractivity contribution in [3.05, 3.63) is 237 Å². The lowest BCUT2D eigenvalue weighted by atomic mass is 9.94. The molecule has 0 unspecified atom stereocenters. The van der Waals surface area contributed by atoms with E-state index in [4.69, 9.17) is 15.0 Å². The van der Waals surface area contributed by atoms with Gasteiger partial charge in [0.05, 0.1) is 22.1 Å². The fourth-order valence-electron chi connectivity index (χ4n) is 10.7. The number of benzene rings is 11. The van der Waals surface area contributed by atoms with Gasteiger partial charge in [-0.1, -0.05) is 200 Å². The van der Waals surface area contributed by atoms with Crippen LogP contribution in [0.5, 0.6) is 0 Å². The quantitative estimate of drug-likeness (QED) is 0.156. The minimum Gasteiger partial charge on any atom is -0.309 e. The molecule has 11 aromatic carbocycles. The fraction of sp³-hybridized carbons (Fsp3) is 0. The Kier molecular flexibility index (Phi) is 8.52. The Labute approximate surface area is 391 Å². The molecular formula is C63H39N5. The summed E-state index contributed by atoms with van der Waals surface area (Å²) >= 11 is 0. The van der Waals surface area contributed by atoms with Crippen LogP contribution in [0.25, 0.3) is 133 Å². The highest BCUT2D eigenvalue weighted by Gasteiger charge is 2.24. The van der Waals surface area contributed by atoms with Crippen molar-refractivity contribution in [1.82, 2.24) is 24.1 Å². The highest BCUT2D eigenvalue weighted by molar-refractivity contribution is 6.27.